The van der Waals surface area contributed by atoms with E-state index in [9.17, 15) is 0 Å². The quantitative estimate of drug-likeness (QED) is 0.0653. The maximum atomic E-state index is 3.74. The molecule has 0 aliphatic heterocycles. The lowest BCUT2D eigenvalue weighted by Crippen LogP contribution is -2.41. The minimum absolute atomic E-state index is 0.620. The highest BCUT2D eigenvalue weighted by Gasteiger charge is 2.25. The van der Waals surface area contributed by atoms with Gasteiger partial charge in [-0.25, -0.2) is 9.55 Å². The van der Waals surface area contributed by atoms with E-state index in [-0.39, 0.29) is 0 Å². The van der Waals surface area contributed by atoms with E-state index < -0.39 is 0 Å². The molecular weight excluding hydrogens is 496 g/mol. The highest BCUT2D eigenvalue weighted by Crippen LogP contribution is 2.27. The SMILES string of the molecule is CCCCCCCCCCCCCC(CCCCCCCCCCCC)c1[nH]cc[n+]1C(C)CCCCCCCC. The number of rotatable bonds is 32. The molecule has 2 atom stereocenters. The van der Waals surface area contributed by atoms with E-state index in [4.69, 9.17) is 0 Å². The second kappa shape index (κ2) is 29.3. The van der Waals surface area contributed by atoms with E-state index in [1.54, 1.807) is 0 Å². The Labute approximate surface area is 259 Å². The maximum absolute atomic E-state index is 3.74. The molecule has 0 saturated heterocycles. The Hall–Kier alpha value is -0.790. The molecule has 1 aromatic rings. The summed E-state index contributed by atoms with van der Waals surface area (Å²) in [5, 5.41) is 0. The molecule has 1 N–H and O–H groups in total. The van der Waals surface area contributed by atoms with Crippen LogP contribution in [0.25, 0.3) is 0 Å². The predicted molar refractivity (Wildman–Crippen MR) is 184 cm³/mol. The van der Waals surface area contributed by atoms with Crippen molar-refractivity contribution in [1.82, 2.24) is 4.98 Å². The summed E-state index contributed by atoms with van der Waals surface area (Å²) in [6.07, 6.45) is 47.2. The van der Waals surface area contributed by atoms with Crippen molar-refractivity contribution in [1.29, 1.82) is 0 Å². The van der Waals surface area contributed by atoms with E-state index in [0.29, 0.717) is 12.0 Å². The normalized spacial score (nSPS) is 13.2. The summed E-state index contributed by atoms with van der Waals surface area (Å²) >= 11 is 0. The second-order valence-corrected chi connectivity index (χ2v) is 13.6. The molecule has 0 aliphatic carbocycles. The Kier molecular flexibility index (Phi) is 27.3. The third-order valence-corrected chi connectivity index (χ3v) is 9.64. The van der Waals surface area contributed by atoms with Crippen molar-refractivity contribution in [2.75, 3.05) is 0 Å². The summed E-state index contributed by atoms with van der Waals surface area (Å²) in [4.78, 5) is 3.74. The average Bonchev–Trinajstić information content (AvgIpc) is 3.47. The lowest BCUT2D eigenvalue weighted by molar-refractivity contribution is -0.727. The van der Waals surface area contributed by atoms with Crippen LogP contribution in [0.3, 0.4) is 0 Å². The van der Waals surface area contributed by atoms with Gasteiger partial charge in [0.15, 0.2) is 0 Å². The topological polar surface area (TPSA) is 19.7 Å². The fourth-order valence-electron chi connectivity index (χ4n) is 6.78. The molecule has 0 saturated carbocycles. The van der Waals surface area contributed by atoms with Crippen molar-refractivity contribution in [2.24, 2.45) is 0 Å². The number of nitrogens with zero attached hydrogens (tertiary/aromatic N) is 1. The monoisotopic (exact) mass is 574 g/mol. The first-order valence-electron chi connectivity index (χ1n) is 19.3. The molecule has 1 heterocycles. The van der Waals surface area contributed by atoms with Crippen LogP contribution >= 0.6 is 0 Å². The van der Waals surface area contributed by atoms with Crippen molar-refractivity contribution in [3.8, 4) is 0 Å². The third-order valence-electron chi connectivity index (χ3n) is 9.64. The predicted octanol–water partition coefficient (Wildman–Crippen LogP) is 13.7. The van der Waals surface area contributed by atoms with Gasteiger partial charge in [0.1, 0.15) is 12.4 Å². The Morgan fingerprint density at radius 1 is 0.463 bits per heavy atom. The van der Waals surface area contributed by atoms with Crippen molar-refractivity contribution in [3.05, 3.63) is 18.2 Å². The molecule has 1 aromatic heterocycles. The first kappa shape index (κ1) is 38.2. The first-order chi connectivity index (χ1) is 20.2. The Morgan fingerprint density at radius 2 is 0.780 bits per heavy atom. The van der Waals surface area contributed by atoms with Crippen LogP contribution in [-0.4, -0.2) is 4.98 Å². The van der Waals surface area contributed by atoms with Crippen molar-refractivity contribution in [2.45, 2.75) is 232 Å². The second-order valence-electron chi connectivity index (χ2n) is 13.6. The number of aromatic nitrogens is 2. The Morgan fingerprint density at radius 3 is 1.15 bits per heavy atom. The summed E-state index contributed by atoms with van der Waals surface area (Å²) in [5.74, 6) is 2.25. The highest BCUT2D eigenvalue weighted by atomic mass is 15.1. The molecular formula is C39H77N2+. The van der Waals surface area contributed by atoms with Crippen LogP contribution in [0.4, 0.5) is 0 Å². The van der Waals surface area contributed by atoms with Crippen LogP contribution in [0.5, 0.6) is 0 Å². The smallest absolute Gasteiger partial charge is 0.247 e. The number of hydrogen-bond acceptors (Lipinski definition) is 0. The molecule has 0 amide bonds. The van der Waals surface area contributed by atoms with E-state index in [0.717, 1.165) is 0 Å². The maximum Gasteiger partial charge on any atom is 0.257 e. The molecule has 0 fully saturated rings. The lowest BCUT2D eigenvalue weighted by Gasteiger charge is -2.17. The minimum atomic E-state index is 0.620. The van der Waals surface area contributed by atoms with Crippen LogP contribution in [-0.2, 0) is 0 Å². The van der Waals surface area contributed by atoms with Gasteiger partial charge in [0.25, 0.3) is 5.82 Å². The largest absolute Gasteiger partial charge is 0.257 e. The first-order valence-corrected chi connectivity index (χ1v) is 19.3. The van der Waals surface area contributed by atoms with Gasteiger partial charge in [-0.05, 0) is 32.6 Å². The number of imidazole rings is 1. The summed E-state index contributed by atoms with van der Waals surface area (Å²) in [6.45, 7) is 9.40. The van der Waals surface area contributed by atoms with Gasteiger partial charge in [-0.2, -0.15) is 0 Å². The summed E-state index contributed by atoms with van der Waals surface area (Å²) < 4.78 is 2.63. The molecule has 2 nitrogen and oxygen atoms in total. The van der Waals surface area contributed by atoms with Crippen LogP contribution in [0.1, 0.15) is 238 Å². The van der Waals surface area contributed by atoms with Gasteiger partial charge in [0.05, 0.1) is 12.0 Å². The average molecular weight is 574 g/mol. The standard InChI is InChI=1S/C39H76N2/c1-5-8-11-14-17-19-21-23-25-28-31-34-38(33-30-27-24-22-20-18-15-12-9-6-2)39-40-35-36-41(39)37(4)32-29-26-16-13-10-7-3/h35-38H,5-34H2,1-4H3/p+1. The number of H-pyrrole nitrogens is 1. The minimum Gasteiger partial charge on any atom is -0.247 e. The molecule has 1 rings (SSSR count). The van der Waals surface area contributed by atoms with Crippen molar-refractivity contribution in [3.63, 3.8) is 0 Å². The van der Waals surface area contributed by atoms with Crippen LogP contribution < -0.4 is 4.57 Å². The fraction of sp³-hybridized carbons (Fsp3) is 0.923. The number of aromatic amines is 1. The highest BCUT2D eigenvalue weighted by molar-refractivity contribution is 4.90. The number of unbranched alkanes of at least 4 members (excludes halogenated alkanes) is 24. The number of nitrogens with one attached hydrogen (secondary N) is 1. The summed E-state index contributed by atoms with van der Waals surface area (Å²) in [5.41, 5.74) is 0. The molecule has 41 heavy (non-hydrogen) atoms. The van der Waals surface area contributed by atoms with E-state index in [2.05, 4.69) is 49.6 Å². The molecule has 0 aromatic carbocycles. The molecule has 0 radical (unpaired) electrons. The van der Waals surface area contributed by atoms with Crippen LogP contribution in [0.15, 0.2) is 12.4 Å². The van der Waals surface area contributed by atoms with E-state index in [1.165, 1.54) is 198 Å². The fourth-order valence-corrected chi connectivity index (χ4v) is 6.78. The zero-order chi connectivity index (χ0) is 29.6. The van der Waals surface area contributed by atoms with Gasteiger partial charge in [0, 0.05) is 0 Å². The van der Waals surface area contributed by atoms with Crippen LogP contribution in [0.2, 0.25) is 0 Å². The van der Waals surface area contributed by atoms with Crippen LogP contribution in [0, 0.1) is 0 Å². The van der Waals surface area contributed by atoms with Gasteiger partial charge < -0.3 is 0 Å². The molecule has 0 aliphatic rings. The zero-order valence-electron chi connectivity index (χ0n) is 29.0. The third kappa shape index (κ3) is 21.5. The Bertz CT molecular complexity index is 635. The molecule has 0 bridgehead atoms. The molecule has 0 spiro atoms. The van der Waals surface area contributed by atoms with Gasteiger partial charge in [-0.15, -0.1) is 0 Å². The summed E-state index contributed by atoms with van der Waals surface area (Å²) in [6, 6.07) is 0.620. The van der Waals surface area contributed by atoms with Gasteiger partial charge in [0.2, 0.25) is 0 Å². The van der Waals surface area contributed by atoms with Crippen molar-refractivity contribution >= 4 is 0 Å². The van der Waals surface area contributed by atoms with E-state index in [1.807, 2.05) is 0 Å². The van der Waals surface area contributed by atoms with Gasteiger partial charge in [-0.3, -0.25) is 0 Å². The molecule has 2 heteroatoms. The van der Waals surface area contributed by atoms with Gasteiger partial charge >= 0.3 is 0 Å². The molecule has 2 unspecified atom stereocenters. The van der Waals surface area contributed by atoms with E-state index >= 15 is 0 Å². The summed E-state index contributed by atoms with van der Waals surface area (Å²) in [7, 11) is 0. The molecule has 242 valence electrons. The number of hydrogen-bond donors (Lipinski definition) is 1. The Balaban J connectivity index is 2.44. The van der Waals surface area contributed by atoms with Gasteiger partial charge in [-0.1, -0.05) is 188 Å². The lowest BCUT2D eigenvalue weighted by atomic mass is 9.92. The van der Waals surface area contributed by atoms with Crippen molar-refractivity contribution < 1.29 is 4.57 Å². The zero-order valence-corrected chi connectivity index (χ0v) is 29.0.